The summed E-state index contributed by atoms with van der Waals surface area (Å²) in [7, 11) is 1.33. The minimum absolute atomic E-state index is 0.0384. The molecule has 20 nitrogen and oxygen atoms in total. The van der Waals surface area contributed by atoms with E-state index in [1.807, 2.05) is 0 Å². The summed E-state index contributed by atoms with van der Waals surface area (Å²) >= 11 is 7.41. The maximum atomic E-state index is 13.4. The number of likely N-dealkylation sites (N-methyl/N-ethyl adjacent to an activating group) is 1. The topological polar surface area (TPSA) is 295 Å². The Kier molecular flexibility index (Phi) is 10.4. The van der Waals surface area contributed by atoms with E-state index >= 15 is 0 Å². The molecule has 1 aromatic carbocycles. The minimum Gasteiger partial charge on any atom is -0.504 e. The zero-order chi connectivity index (χ0) is 37.5. The van der Waals surface area contributed by atoms with E-state index in [0.717, 1.165) is 40.2 Å². The molecule has 1 aromatic heterocycles. The van der Waals surface area contributed by atoms with E-state index < -0.39 is 91.2 Å². The van der Waals surface area contributed by atoms with Gasteiger partial charge in [-0.05, 0) is 32.9 Å². The van der Waals surface area contributed by atoms with Crippen molar-refractivity contribution in [3.05, 3.63) is 33.8 Å². The molecule has 23 heteroatoms. The van der Waals surface area contributed by atoms with Crippen molar-refractivity contribution in [2.24, 2.45) is 5.16 Å². The number of aromatic hydroxyl groups is 2. The Labute approximate surface area is 294 Å². The Morgan fingerprint density at radius 3 is 2.34 bits per heavy atom. The number of amides is 5. The number of nitrogens with zero attached hydrogens (tertiary/aromatic N) is 5. The second-order valence-electron chi connectivity index (χ2n) is 11.3. The molecule has 8 N–H and O–H groups in total. The number of halogens is 1. The van der Waals surface area contributed by atoms with Gasteiger partial charge in [0, 0.05) is 19.0 Å². The van der Waals surface area contributed by atoms with Crippen LogP contribution in [0.5, 0.6) is 11.5 Å². The predicted molar refractivity (Wildman–Crippen MR) is 174 cm³/mol. The molecule has 0 spiro atoms. The zero-order valence-electron chi connectivity index (χ0n) is 26.4. The number of oxime groups is 1. The van der Waals surface area contributed by atoms with E-state index in [-0.39, 0.29) is 23.9 Å². The monoisotopic (exact) mass is 756 g/mol. The number of nitrogens with one attached hydrogen (secondary N) is 2. The molecule has 0 aliphatic carbocycles. The SMILES string of the molecule is CN1C(=O)C(NC(=O)/C(=N\OC(C)(C)C(=O)O)c2csc(N)n2)[C@H]1S[C@](C)(C(=O)O)N1CCN(NC(=O)C(=O)c2ccc(O)c(O)c2Cl)C1=O. The molecule has 50 heavy (non-hydrogen) atoms. The van der Waals surface area contributed by atoms with Crippen molar-refractivity contribution in [1.29, 1.82) is 0 Å². The number of thiazole rings is 1. The Balaban J connectivity index is 1.51. The Hall–Kier alpha value is -5.35. The number of hydrogen-bond donors (Lipinski definition) is 7. The largest absolute Gasteiger partial charge is 0.504 e. The summed E-state index contributed by atoms with van der Waals surface area (Å²) in [6.45, 7) is 2.96. The van der Waals surface area contributed by atoms with Crippen LogP contribution in [0.4, 0.5) is 9.93 Å². The maximum Gasteiger partial charge on any atom is 0.350 e. The van der Waals surface area contributed by atoms with Gasteiger partial charge in [-0.1, -0.05) is 28.5 Å². The summed E-state index contributed by atoms with van der Waals surface area (Å²) in [6.07, 6.45) is 0. The number of hydrogen-bond acceptors (Lipinski definition) is 15. The second-order valence-corrected chi connectivity index (χ2v) is 14.0. The lowest BCUT2D eigenvalue weighted by Crippen LogP contribution is -2.70. The number of ketones is 1. The molecular weight excluding hydrogens is 728 g/mol. The fourth-order valence-electron chi connectivity index (χ4n) is 4.42. The molecule has 5 amide bonds. The van der Waals surface area contributed by atoms with Gasteiger partial charge in [-0.25, -0.2) is 24.4 Å². The van der Waals surface area contributed by atoms with Crippen LogP contribution in [0.15, 0.2) is 22.7 Å². The highest BCUT2D eigenvalue weighted by Gasteiger charge is 2.56. The lowest BCUT2D eigenvalue weighted by molar-refractivity contribution is -0.161. The molecule has 0 bridgehead atoms. The Morgan fingerprint density at radius 2 is 1.76 bits per heavy atom. The van der Waals surface area contributed by atoms with E-state index in [1.165, 1.54) is 26.3 Å². The van der Waals surface area contributed by atoms with E-state index in [1.54, 1.807) is 0 Å². The molecule has 2 aromatic rings. The van der Waals surface area contributed by atoms with Crippen LogP contribution in [0, 0.1) is 0 Å². The second kappa shape index (κ2) is 13.9. The average Bonchev–Trinajstić information content (AvgIpc) is 3.65. The number of aliphatic carboxylic acids is 2. The summed E-state index contributed by atoms with van der Waals surface area (Å²) in [5.41, 5.74) is 4.77. The number of nitrogen functional groups attached to an aromatic ring is 1. The van der Waals surface area contributed by atoms with Crippen LogP contribution in [0.25, 0.3) is 0 Å². The number of phenols is 2. The molecule has 0 radical (unpaired) electrons. The summed E-state index contributed by atoms with van der Waals surface area (Å²) in [4.78, 5) is 98.1. The number of aromatic nitrogens is 1. The molecule has 3 heterocycles. The number of carbonyl (C=O) groups is 7. The summed E-state index contributed by atoms with van der Waals surface area (Å²) in [6, 6.07) is -0.506. The number of phenolic OH excluding ortho intramolecular Hbond substituents is 2. The summed E-state index contributed by atoms with van der Waals surface area (Å²) in [5, 5.41) is 45.4. The van der Waals surface area contributed by atoms with Gasteiger partial charge in [0.2, 0.25) is 11.5 Å². The number of likely N-dealkylation sites (tertiary alicyclic amines) is 1. The van der Waals surface area contributed by atoms with Gasteiger partial charge in [0.05, 0.1) is 17.1 Å². The van der Waals surface area contributed by atoms with Crippen LogP contribution in [0.1, 0.15) is 36.8 Å². The van der Waals surface area contributed by atoms with Gasteiger partial charge in [0.25, 0.3) is 11.7 Å². The molecule has 2 aliphatic heterocycles. The van der Waals surface area contributed by atoms with Gasteiger partial charge in [-0.15, -0.1) is 11.3 Å². The Bertz CT molecular complexity index is 1840. The molecule has 0 saturated carbocycles. The number of hydrazine groups is 1. The van der Waals surface area contributed by atoms with Gasteiger partial charge in [0.15, 0.2) is 27.2 Å². The minimum atomic E-state index is -2.12. The van der Waals surface area contributed by atoms with Crippen LogP contribution in [0.2, 0.25) is 5.02 Å². The number of β-lactam (4-membered cyclic amide) rings is 1. The normalized spacial score (nSPS) is 19.1. The number of rotatable bonds is 13. The molecule has 1 unspecified atom stereocenters. The van der Waals surface area contributed by atoms with Gasteiger partial charge < -0.3 is 41.2 Å². The first-order chi connectivity index (χ1) is 23.2. The predicted octanol–water partition coefficient (Wildman–Crippen LogP) is -0.158. The van der Waals surface area contributed by atoms with Crippen LogP contribution >= 0.6 is 34.7 Å². The van der Waals surface area contributed by atoms with Crippen molar-refractivity contribution in [3.63, 3.8) is 0 Å². The van der Waals surface area contributed by atoms with Crippen molar-refractivity contribution < 1.29 is 58.8 Å². The number of benzene rings is 1. The number of nitrogens with two attached hydrogens (primary N) is 1. The number of Topliss-reactive ketones (excluding diaryl/α,β-unsaturated/α-hetero) is 1. The smallest absolute Gasteiger partial charge is 0.350 e. The number of urea groups is 1. The highest BCUT2D eigenvalue weighted by molar-refractivity contribution is 8.02. The third-order valence-corrected chi connectivity index (χ3v) is 10.2. The van der Waals surface area contributed by atoms with Gasteiger partial charge >= 0.3 is 23.9 Å². The molecule has 4 rings (SSSR count). The third kappa shape index (κ3) is 7.02. The van der Waals surface area contributed by atoms with Gasteiger partial charge in [-0.2, -0.15) is 0 Å². The third-order valence-electron chi connectivity index (χ3n) is 7.48. The number of anilines is 1. The molecule has 2 fully saturated rings. The first-order valence-corrected chi connectivity index (χ1v) is 16.2. The number of thioether (sulfide) groups is 1. The highest BCUT2D eigenvalue weighted by Crippen LogP contribution is 2.41. The van der Waals surface area contributed by atoms with Gasteiger partial charge in [0.1, 0.15) is 17.1 Å². The average molecular weight is 757 g/mol. The number of carboxylic acids is 2. The van der Waals surface area contributed by atoms with Crippen LogP contribution in [-0.2, 0) is 28.8 Å². The highest BCUT2D eigenvalue weighted by atomic mass is 35.5. The molecule has 2 saturated heterocycles. The van der Waals surface area contributed by atoms with Crippen molar-refractivity contribution >= 4 is 87.0 Å². The van der Waals surface area contributed by atoms with Crippen LogP contribution in [0.3, 0.4) is 0 Å². The molecule has 2 aliphatic rings. The zero-order valence-corrected chi connectivity index (χ0v) is 28.8. The van der Waals surface area contributed by atoms with E-state index in [4.69, 9.17) is 22.2 Å². The van der Waals surface area contributed by atoms with Crippen LogP contribution < -0.4 is 16.5 Å². The van der Waals surface area contributed by atoms with Gasteiger partial charge in [-0.3, -0.25) is 29.5 Å². The quantitative estimate of drug-likeness (QED) is 0.0349. The lowest BCUT2D eigenvalue weighted by Gasteiger charge is -2.48. The standard InChI is InChI=1S/C27H29ClN8O12S2/c1-26(2,22(43)44)48-33-14(11-9-49-24(29)30-11)18(40)31-15-20(42)34(4)21(15)50-27(3,23(45)46)35-7-8-36(25(35)47)32-19(41)16(38)10-5-6-12(37)17(39)13(10)28/h5-6,9,15,21,37,39H,7-8H2,1-4H3,(H2,29,30)(H,31,40)(H,32,41)(H,43,44)(H,45,46)/b33-14-/t15?,21-,27-/m1/s1. The number of carbonyl (C=O) groups excluding carboxylic acids is 5. The fourth-order valence-corrected chi connectivity index (χ4v) is 6.67. The maximum absolute atomic E-state index is 13.4. The summed E-state index contributed by atoms with van der Waals surface area (Å²) in [5.74, 6) is -8.75. The van der Waals surface area contributed by atoms with Crippen LogP contribution in [-0.4, -0.2) is 129 Å². The molecule has 268 valence electrons. The van der Waals surface area contributed by atoms with Crippen molar-refractivity contribution in [1.82, 2.24) is 30.5 Å². The first-order valence-electron chi connectivity index (χ1n) is 14.1. The number of carboxylic acid groups (broad SMARTS) is 2. The fraction of sp³-hybridized carbons (Fsp3) is 0.370. The van der Waals surface area contributed by atoms with Crippen molar-refractivity contribution in [3.8, 4) is 11.5 Å². The Morgan fingerprint density at radius 1 is 1.10 bits per heavy atom. The first kappa shape index (κ1) is 37.5. The molecule has 3 atom stereocenters. The van der Waals surface area contributed by atoms with E-state index in [9.17, 15) is 54.0 Å². The van der Waals surface area contributed by atoms with E-state index in [0.29, 0.717) is 16.8 Å². The van der Waals surface area contributed by atoms with Crippen molar-refractivity contribution in [2.45, 2.75) is 42.7 Å². The van der Waals surface area contributed by atoms with Crippen molar-refractivity contribution in [2.75, 3.05) is 25.9 Å². The van der Waals surface area contributed by atoms with E-state index in [2.05, 4.69) is 20.9 Å². The summed E-state index contributed by atoms with van der Waals surface area (Å²) < 4.78 is 0. The molecular formula is C27H29ClN8O12S2. The lowest BCUT2D eigenvalue weighted by atomic mass is 10.1.